The summed E-state index contributed by atoms with van der Waals surface area (Å²) in [6, 6.07) is 1.31. The third kappa shape index (κ3) is 4.51. The Kier molecular flexibility index (Phi) is 5.34. The van der Waals surface area contributed by atoms with Crippen molar-refractivity contribution in [3.8, 4) is 0 Å². The summed E-state index contributed by atoms with van der Waals surface area (Å²) in [6.45, 7) is 3.56. The molecule has 1 rings (SSSR count). The first-order valence-electron chi connectivity index (χ1n) is 6.20. The highest BCUT2D eigenvalue weighted by Crippen LogP contribution is 2.20. The van der Waals surface area contributed by atoms with Crippen LogP contribution in [0.5, 0.6) is 0 Å². The molecule has 0 aliphatic carbocycles. The molecular formula is C13H15FN2O5. The molecule has 0 aromatic heterocycles. The molecule has 0 radical (unpaired) electrons. The minimum atomic E-state index is -1.23. The normalized spacial score (nSPS) is 12.0. The van der Waals surface area contributed by atoms with Crippen LogP contribution < -0.4 is 5.32 Å². The van der Waals surface area contributed by atoms with Gasteiger partial charge in [-0.3, -0.25) is 14.9 Å². The number of nitro groups is 1. The van der Waals surface area contributed by atoms with E-state index in [4.69, 9.17) is 5.11 Å². The summed E-state index contributed by atoms with van der Waals surface area (Å²) in [4.78, 5) is 33.0. The number of carbonyl (C=O) groups is 2. The van der Waals surface area contributed by atoms with E-state index in [0.717, 1.165) is 12.1 Å². The van der Waals surface area contributed by atoms with Gasteiger partial charge in [-0.2, -0.15) is 0 Å². The standard InChI is InChI=1S/C13H15FN2O5/c1-7(2)5-10(13(18)19)15-12(17)9-4-3-8(14)6-11(9)16(20)21/h3-4,6-7,10H,5H2,1-2H3,(H,15,17)(H,18,19)/t10-/m1/s1. The summed E-state index contributed by atoms with van der Waals surface area (Å²) in [6.07, 6.45) is 0.177. The number of rotatable bonds is 6. The maximum Gasteiger partial charge on any atom is 0.326 e. The molecule has 0 fully saturated rings. The highest BCUT2D eigenvalue weighted by atomic mass is 19.1. The van der Waals surface area contributed by atoms with Gasteiger partial charge in [0.25, 0.3) is 11.6 Å². The van der Waals surface area contributed by atoms with Crippen molar-refractivity contribution in [3.05, 3.63) is 39.7 Å². The van der Waals surface area contributed by atoms with E-state index < -0.39 is 34.3 Å². The Morgan fingerprint density at radius 1 is 1.43 bits per heavy atom. The molecule has 1 aromatic carbocycles. The Bertz CT molecular complexity index is 574. The fourth-order valence-corrected chi connectivity index (χ4v) is 1.78. The second-order valence-electron chi connectivity index (χ2n) is 4.91. The molecule has 21 heavy (non-hydrogen) atoms. The number of hydrogen-bond donors (Lipinski definition) is 2. The largest absolute Gasteiger partial charge is 0.480 e. The molecule has 0 aliphatic rings. The summed E-state index contributed by atoms with van der Waals surface area (Å²) in [5.74, 6) is -3.00. The summed E-state index contributed by atoms with van der Waals surface area (Å²) < 4.78 is 13.0. The molecule has 1 amide bonds. The predicted molar refractivity (Wildman–Crippen MR) is 71.4 cm³/mol. The fourth-order valence-electron chi connectivity index (χ4n) is 1.78. The Hall–Kier alpha value is -2.51. The maximum atomic E-state index is 13.0. The zero-order valence-electron chi connectivity index (χ0n) is 11.5. The van der Waals surface area contributed by atoms with Gasteiger partial charge in [0.15, 0.2) is 0 Å². The van der Waals surface area contributed by atoms with Gasteiger partial charge in [0, 0.05) is 0 Å². The number of nitrogens with zero attached hydrogens (tertiary/aromatic N) is 1. The number of carboxylic acid groups (broad SMARTS) is 1. The van der Waals surface area contributed by atoms with Crippen LogP contribution in [0.25, 0.3) is 0 Å². The second-order valence-corrected chi connectivity index (χ2v) is 4.91. The van der Waals surface area contributed by atoms with Crippen LogP contribution in [0.2, 0.25) is 0 Å². The molecule has 0 bridgehead atoms. The molecule has 0 heterocycles. The SMILES string of the molecule is CC(C)C[C@@H](NC(=O)c1ccc(F)cc1[N+](=O)[O-])C(=O)O. The van der Waals surface area contributed by atoms with Crippen LogP contribution in [0.3, 0.4) is 0 Å². The number of benzene rings is 1. The van der Waals surface area contributed by atoms with Crippen LogP contribution in [-0.2, 0) is 4.79 Å². The molecule has 0 saturated heterocycles. The van der Waals surface area contributed by atoms with Crippen molar-refractivity contribution in [2.75, 3.05) is 0 Å². The van der Waals surface area contributed by atoms with Crippen LogP contribution in [0, 0.1) is 21.8 Å². The Morgan fingerprint density at radius 2 is 2.05 bits per heavy atom. The number of halogens is 1. The molecule has 0 unspecified atom stereocenters. The zero-order valence-corrected chi connectivity index (χ0v) is 11.5. The van der Waals surface area contributed by atoms with Gasteiger partial charge in [0.2, 0.25) is 0 Å². The quantitative estimate of drug-likeness (QED) is 0.616. The highest BCUT2D eigenvalue weighted by molar-refractivity contribution is 5.99. The van der Waals surface area contributed by atoms with Crippen molar-refractivity contribution in [1.29, 1.82) is 0 Å². The molecular weight excluding hydrogens is 283 g/mol. The summed E-state index contributed by atoms with van der Waals surface area (Å²) in [5, 5.41) is 22.1. The van der Waals surface area contributed by atoms with E-state index in [1.54, 1.807) is 13.8 Å². The van der Waals surface area contributed by atoms with Gasteiger partial charge in [0.05, 0.1) is 11.0 Å². The average Bonchev–Trinajstić information content (AvgIpc) is 2.36. The molecule has 114 valence electrons. The molecule has 1 atom stereocenters. The smallest absolute Gasteiger partial charge is 0.326 e. The zero-order chi connectivity index (χ0) is 16.2. The monoisotopic (exact) mass is 298 g/mol. The number of carbonyl (C=O) groups excluding carboxylic acids is 1. The van der Waals surface area contributed by atoms with Crippen molar-refractivity contribution in [3.63, 3.8) is 0 Å². The van der Waals surface area contributed by atoms with Crippen LogP contribution in [0.4, 0.5) is 10.1 Å². The lowest BCUT2D eigenvalue weighted by atomic mass is 10.0. The van der Waals surface area contributed by atoms with Gasteiger partial charge in [0.1, 0.15) is 17.4 Å². The number of hydrogen-bond acceptors (Lipinski definition) is 4. The Morgan fingerprint density at radius 3 is 2.52 bits per heavy atom. The van der Waals surface area contributed by atoms with E-state index in [0.29, 0.717) is 6.07 Å². The summed E-state index contributed by atoms with van der Waals surface area (Å²) in [7, 11) is 0. The van der Waals surface area contributed by atoms with Crippen molar-refractivity contribution < 1.29 is 24.0 Å². The lowest BCUT2D eigenvalue weighted by Crippen LogP contribution is -2.41. The third-order valence-corrected chi connectivity index (χ3v) is 2.71. The minimum Gasteiger partial charge on any atom is -0.480 e. The fraction of sp³-hybridized carbons (Fsp3) is 0.385. The summed E-state index contributed by atoms with van der Waals surface area (Å²) >= 11 is 0. The number of aliphatic carboxylic acids is 1. The lowest BCUT2D eigenvalue weighted by Gasteiger charge is -2.16. The first kappa shape index (κ1) is 16.5. The second kappa shape index (κ2) is 6.78. The molecule has 0 aliphatic heterocycles. The number of carboxylic acids is 1. The lowest BCUT2D eigenvalue weighted by molar-refractivity contribution is -0.385. The highest BCUT2D eigenvalue weighted by Gasteiger charge is 2.26. The van der Waals surface area contributed by atoms with Crippen molar-refractivity contribution in [1.82, 2.24) is 5.32 Å². The third-order valence-electron chi connectivity index (χ3n) is 2.71. The van der Waals surface area contributed by atoms with Crippen LogP contribution >= 0.6 is 0 Å². The molecule has 0 spiro atoms. The van der Waals surface area contributed by atoms with E-state index in [-0.39, 0.29) is 17.9 Å². The van der Waals surface area contributed by atoms with Gasteiger partial charge in [-0.05, 0) is 24.5 Å². The predicted octanol–water partition coefficient (Wildman–Crippen LogP) is 1.96. The van der Waals surface area contributed by atoms with Gasteiger partial charge >= 0.3 is 5.97 Å². The van der Waals surface area contributed by atoms with E-state index in [2.05, 4.69) is 5.32 Å². The molecule has 8 heteroatoms. The van der Waals surface area contributed by atoms with E-state index in [1.807, 2.05) is 0 Å². The van der Waals surface area contributed by atoms with Gasteiger partial charge < -0.3 is 10.4 Å². The molecule has 1 aromatic rings. The van der Waals surface area contributed by atoms with Crippen molar-refractivity contribution in [2.45, 2.75) is 26.3 Å². The summed E-state index contributed by atoms with van der Waals surface area (Å²) in [5.41, 5.74) is -1.09. The van der Waals surface area contributed by atoms with Gasteiger partial charge in [-0.15, -0.1) is 0 Å². The van der Waals surface area contributed by atoms with Crippen LogP contribution in [0.15, 0.2) is 18.2 Å². The number of nitro benzene ring substituents is 1. The first-order chi connectivity index (χ1) is 9.72. The number of nitrogens with one attached hydrogen (secondary N) is 1. The van der Waals surface area contributed by atoms with Crippen LogP contribution in [-0.4, -0.2) is 27.9 Å². The van der Waals surface area contributed by atoms with Crippen molar-refractivity contribution in [2.24, 2.45) is 5.92 Å². The Labute approximate surface area is 119 Å². The van der Waals surface area contributed by atoms with E-state index >= 15 is 0 Å². The molecule has 0 saturated carbocycles. The molecule has 7 nitrogen and oxygen atoms in total. The molecule has 2 N–H and O–H groups in total. The Balaban J connectivity index is 3.03. The maximum absolute atomic E-state index is 13.0. The minimum absolute atomic E-state index is 0.00889. The van der Waals surface area contributed by atoms with E-state index in [9.17, 15) is 24.1 Å². The van der Waals surface area contributed by atoms with E-state index in [1.165, 1.54) is 0 Å². The average molecular weight is 298 g/mol. The van der Waals surface area contributed by atoms with Gasteiger partial charge in [-0.1, -0.05) is 13.8 Å². The van der Waals surface area contributed by atoms with Crippen LogP contribution in [0.1, 0.15) is 30.6 Å². The van der Waals surface area contributed by atoms with Crippen molar-refractivity contribution >= 4 is 17.6 Å². The van der Waals surface area contributed by atoms with Gasteiger partial charge in [-0.25, -0.2) is 9.18 Å². The topological polar surface area (TPSA) is 110 Å². The number of amides is 1. The first-order valence-corrected chi connectivity index (χ1v) is 6.20.